The lowest BCUT2D eigenvalue weighted by Gasteiger charge is -2.13. The molecule has 0 heterocycles. The summed E-state index contributed by atoms with van der Waals surface area (Å²) in [7, 11) is 2.74. The third kappa shape index (κ3) is 5.99. The van der Waals surface area contributed by atoms with Crippen molar-refractivity contribution in [1.29, 1.82) is 0 Å². The molecule has 0 aliphatic rings. The standard InChI is InChI=1S/C24H20BrN3O6/c1-33-21-13-16(20(28(31)32)14-22(21)34-2)12-19(27-23(29)15-6-4-3-5-7-15)24(30)26-18-10-8-17(25)9-11-18/h3-14H,1-2H3,(H,26,30)(H,27,29)/b19-12+. The molecule has 0 saturated carbocycles. The highest BCUT2D eigenvalue weighted by Crippen LogP contribution is 2.35. The zero-order valence-electron chi connectivity index (χ0n) is 18.2. The molecule has 3 aromatic carbocycles. The van der Waals surface area contributed by atoms with Crippen molar-refractivity contribution >= 4 is 45.2 Å². The largest absolute Gasteiger partial charge is 0.493 e. The van der Waals surface area contributed by atoms with E-state index in [0.29, 0.717) is 11.3 Å². The van der Waals surface area contributed by atoms with Crippen LogP contribution in [0.1, 0.15) is 15.9 Å². The van der Waals surface area contributed by atoms with Crippen LogP contribution in [0.5, 0.6) is 11.5 Å². The van der Waals surface area contributed by atoms with E-state index in [1.54, 1.807) is 54.6 Å². The maximum atomic E-state index is 13.1. The number of rotatable bonds is 8. The number of methoxy groups -OCH3 is 2. The van der Waals surface area contributed by atoms with Crippen LogP contribution in [0.25, 0.3) is 6.08 Å². The average molecular weight is 526 g/mol. The molecule has 0 unspecified atom stereocenters. The number of benzene rings is 3. The SMILES string of the molecule is COc1cc(/C=C(/NC(=O)c2ccccc2)C(=O)Nc2ccc(Br)cc2)c([N+](=O)[O-])cc1OC. The van der Waals surface area contributed by atoms with Gasteiger partial charge in [-0.25, -0.2) is 0 Å². The Hall–Kier alpha value is -4.18. The summed E-state index contributed by atoms with van der Waals surface area (Å²) in [5, 5.41) is 16.9. The first-order valence-corrected chi connectivity index (χ1v) is 10.7. The highest BCUT2D eigenvalue weighted by Gasteiger charge is 2.22. The van der Waals surface area contributed by atoms with Crippen molar-refractivity contribution in [3.8, 4) is 11.5 Å². The van der Waals surface area contributed by atoms with Gasteiger partial charge in [-0.15, -0.1) is 0 Å². The number of halogens is 1. The second kappa shape index (κ2) is 11.1. The molecule has 2 N–H and O–H groups in total. The fourth-order valence-electron chi connectivity index (χ4n) is 2.99. The molecular formula is C24H20BrN3O6. The Kier molecular flexibility index (Phi) is 7.99. The van der Waals surface area contributed by atoms with Crippen molar-refractivity contribution in [1.82, 2.24) is 5.32 Å². The van der Waals surface area contributed by atoms with E-state index in [1.807, 2.05) is 0 Å². The number of anilines is 1. The molecular weight excluding hydrogens is 506 g/mol. The van der Waals surface area contributed by atoms with Crippen LogP contribution in [-0.4, -0.2) is 31.0 Å². The van der Waals surface area contributed by atoms with Crippen molar-refractivity contribution < 1.29 is 24.0 Å². The Morgan fingerprint density at radius 1 is 0.971 bits per heavy atom. The summed E-state index contributed by atoms with van der Waals surface area (Å²) < 4.78 is 11.2. The van der Waals surface area contributed by atoms with E-state index in [9.17, 15) is 19.7 Å². The van der Waals surface area contributed by atoms with E-state index >= 15 is 0 Å². The maximum Gasteiger partial charge on any atom is 0.280 e. The van der Waals surface area contributed by atoms with E-state index in [2.05, 4.69) is 26.6 Å². The van der Waals surface area contributed by atoms with E-state index in [-0.39, 0.29) is 28.4 Å². The summed E-state index contributed by atoms with van der Waals surface area (Å²) >= 11 is 3.32. The third-order valence-electron chi connectivity index (χ3n) is 4.66. The number of hydrogen-bond acceptors (Lipinski definition) is 6. The van der Waals surface area contributed by atoms with Gasteiger partial charge in [0.05, 0.1) is 30.8 Å². The molecule has 0 aliphatic heterocycles. The molecule has 9 nitrogen and oxygen atoms in total. The monoisotopic (exact) mass is 525 g/mol. The normalized spacial score (nSPS) is 10.9. The van der Waals surface area contributed by atoms with Crippen molar-refractivity contribution in [2.45, 2.75) is 0 Å². The number of nitrogens with zero attached hydrogens (tertiary/aromatic N) is 1. The van der Waals surface area contributed by atoms with Gasteiger partial charge in [0.1, 0.15) is 5.70 Å². The average Bonchev–Trinajstić information content (AvgIpc) is 2.84. The van der Waals surface area contributed by atoms with Crippen molar-refractivity contribution in [3.05, 3.63) is 98.1 Å². The minimum Gasteiger partial charge on any atom is -0.493 e. The van der Waals surface area contributed by atoms with Crippen LogP contribution in [0.3, 0.4) is 0 Å². The molecule has 0 aromatic heterocycles. The molecule has 0 radical (unpaired) electrons. The number of amides is 2. The summed E-state index contributed by atoms with van der Waals surface area (Å²) in [6.45, 7) is 0. The summed E-state index contributed by atoms with van der Waals surface area (Å²) in [6.07, 6.45) is 1.22. The minimum atomic E-state index is -0.671. The van der Waals surface area contributed by atoms with Gasteiger partial charge in [0.2, 0.25) is 0 Å². The first kappa shape index (κ1) is 24.5. The highest BCUT2D eigenvalue weighted by molar-refractivity contribution is 9.10. The lowest BCUT2D eigenvalue weighted by molar-refractivity contribution is -0.385. The van der Waals surface area contributed by atoms with Gasteiger partial charge < -0.3 is 20.1 Å². The quantitative estimate of drug-likeness (QED) is 0.248. The Labute approximate surface area is 203 Å². The Morgan fingerprint density at radius 2 is 1.59 bits per heavy atom. The molecule has 2 amide bonds. The number of ether oxygens (including phenoxy) is 2. The summed E-state index contributed by atoms with van der Waals surface area (Å²) in [6, 6.07) is 17.6. The number of nitrogens with one attached hydrogen (secondary N) is 2. The maximum absolute atomic E-state index is 13.1. The predicted molar refractivity (Wildman–Crippen MR) is 131 cm³/mol. The van der Waals surface area contributed by atoms with Gasteiger partial charge >= 0.3 is 0 Å². The second-order valence-corrected chi connectivity index (χ2v) is 7.78. The molecule has 3 rings (SSSR count). The molecule has 0 fully saturated rings. The van der Waals surface area contributed by atoms with Crippen LogP contribution in [0.4, 0.5) is 11.4 Å². The first-order chi connectivity index (χ1) is 16.3. The summed E-state index contributed by atoms with van der Waals surface area (Å²) in [5.41, 5.74) is 0.283. The van der Waals surface area contributed by atoms with Crippen molar-refractivity contribution in [3.63, 3.8) is 0 Å². The number of nitro groups is 1. The highest BCUT2D eigenvalue weighted by atomic mass is 79.9. The molecule has 174 valence electrons. The number of carbonyl (C=O) groups excluding carboxylic acids is 2. The number of carbonyl (C=O) groups is 2. The van der Waals surface area contributed by atoms with E-state index in [1.165, 1.54) is 32.4 Å². The lowest BCUT2D eigenvalue weighted by atomic mass is 10.1. The van der Waals surface area contributed by atoms with Crippen LogP contribution >= 0.6 is 15.9 Å². The van der Waals surface area contributed by atoms with Crippen LogP contribution in [0, 0.1) is 10.1 Å². The van der Waals surface area contributed by atoms with Gasteiger partial charge in [-0.3, -0.25) is 19.7 Å². The van der Waals surface area contributed by atoms with Crippen LogP contribution in [-0.2, 0) is 4.79 Å². The Bertz CT molecular complexity index is 1240. The van der Waals surface area contributed by atoms with Crippen molar-refractivity contribution in [2.75, 3.05) is 19.5 Å². The molecule has 0 spiro atoms. The van der Waals surface area contributed by atoms with E-state index < -0.39 is 16.7 Å². The van der Waals surface area contributed by atoms with Crippen LogP contribution < -0.4 is 20.1 Å². The van der Waals surface area contributed by atoms with Crippen LogP contribution in [0.2, 0.25) is 0 Å². The zero-order valence-corrected chi connectivity index (χ0v) is 19.8. The molecule has 0 bridgehead atoms. The second-order valence-electron chi connectivity index (χ2n) is 6.86. The van der Waals surface area contributed by atoms with Crippen LogP contribution in [0.15, 0.2) is 76.9 Å². The lowest BCUT2D eigenvalue weighted by Crippen LogP contribution is -2.30. The Morgan fingerprint density at radius 3 is 2.18 bits per heavy atom. The van der Waals surface area contributed by atoms with Gasteiger partial charge in [0, 0.05) is 15.7 Å². The van der Waals surface area contributed by atoms with E-state index in [4.69, 9.17) is 9.47 Å². The topological polar surface area (TPSA) is 120 Å². The summed E-state index contributed by atoms with van der Waals surface area (Å²) in [5.74, 6) is -0.849. The van der Waals surface area contributed by atoms with Crippen molar-refractivity contribution in [2.24, 2.45) is 0 Å². The van der Waals surface area contributed by atoms with Gasteiger partial charge in [-0.1, -0.05) is 34.1 Å². The molecule has 3 aromatic rings. The zero-order chi connectivity index (χ0) is 24.7. The number of hydrogen-bond donors (Lipinski definition) is 2. The predicted octanol–water partition coefficient (Wildman–Crippen LogP) is 4.78. The smallest absolute Gasteiger partial charge is 0.280 e. The van der Waals surface area contributed by atoms with E-state index in [0.717, 1.165) is 4.47 Å². The van der Waals surface area contributed by atoms with Gasteiger partial charge in [-0.05, 0) is 48.5 Å². The third-order valence-corrected chi connectivity index (χ3v) is 5.19. The Balaban J connectivity index is 2.06. The molecule has 0 aliphatic carbocycles. The molecule has 34 heavy (non-hydrogen) atoms. The molecule has 0 saturated heterocycles. The fraction of sp³-hybridized carbons (Fsp3) is 0.0833. The molecule has 10 heteroatoms. The van der Waals surface area contributed by atoms with Gasteiger partial charge in [0.25, 0.3) is 17.5 Å². The minimum absolute atomic E-state index is 0.0389. The summed E-state index contributed by atoms with van der Waals surface area (Å²) in [4.78, 5) is 36.9. The first-order valence-electron chi connectivity index (χ1n) is 9.87. The van der Waals surface area contributed by atoms with Gasteiger partial charge in [0.15, 0.2) is 11.5 Å². The number of nitro benzene ring substituents is 1. The molecule has 0 atom stereocenters. The van der Waals surface area contributed by atoms with Gasteiger partial charge in [-0.2, -0.15) is 0 Å². The fourth-order valence-corrected chi connectivity index (χ4v) is 3.25.